The van der Waals surface area contributed by atoms with E-state index >= 15 is 0 Å². The highest BCUT2D eigenvalue weighted by molar-refractivity contribution is 7.81. The fourth-order valence-corrected chi connectivity index (χ4v) is 2.60. The summed E-state index contributed by atoms with van der Waals surface area (Å²) in [5, 5.41) is 2.45. The van der Waals surface area contributed by atoms with Crippen molar-refractivity contribution < 1.29 is 0 Å². The third kappa shape index (κ3) is 2.29. The van der Waals surface area contributed by atoms with Gasteiger partial charge in [-0.3, -0.25) is 0 Å². The molecule has 0 atom stereocenters. The molecular weight excluding hydrogens is 248 g/mol. The maximum atomic E-state index is 5.66. The Balaban J connectivity index is 2.14. The van der Waals surface area contributed by atoms with Gasteiger partial charge in [-0.15, -0.1) is 0 Å². The number of thiocarbonyl (C=S) groups is 1. The Bertz CT molecular complexity index is 734. The molecule has 0 nitrogen and oxygen atoms in total. The van der Waals surface area contributed by atoms with Gasteiger partial charge >= 0.3 is 0 Å². The van der Waals surface area contributed by atoms with Crippen LogP contribution in [-0.2, 0) is 0 Å². The van der Waals surface area contributed by atoms with Crippen molar-refractivity contribution in [3.05, 3.63) is 83.4 Å². The molecule has 0 aliphatic carbocycles. The molecule has 0 bridgehead atoms. The summed E-state index contributed by atoms with van der Waals surface area (Å²) in [6.45, 7) is 2.09. The fourth-order valence-electron chi connectivity index (χ4n) is 2.28. The normalized spacial score (nSPS) is 10.6. The zero-order chi connectivity index (χ0) is 13.2. The maximum Gasteiger partial charge on any atom is 0.0528 e. The summed E-state index contributed by atoms with van der Waals surface area (Å²) in [5.74, 6) is 0. The summed E-state index contributed by atoms with van der Waals surface area (Å²) in [4.78, 5) is 0.914. The molecule has 92 valence electrons. The molecule has 3 rings (SSSR count). The summed E-state index contributed by atoms with van der Waals surface area (Å²) in [7, 11) is 0. The first kappa shape index (κ1) is 12.1. The van der Waals surface area contributed by atoms with Crippen LogP contribution in [0.3, 0.4) is 0 Å². The molecule has 0 saturated carbocycles. The number of fused-ring (bicyclic) bond motifs is 1. The van der Waals surface area contributed by atoms with Crippen LogP contribution in [-0.4, -0.2) is 4.86 Å². The second-order valence-corrected chi connectivity index (χ2v) is 5.13. The van der Waals surface area contributed by atoms with Crippen molar-refractivity contribution in [1.82, 2.24) is 0 Å². The lowest BCUT2D eigenvalue weighted by Gasteiger charge is -2.08. The second-order valence-electron chi connectivity index (χ2n) is 4.72. The van der Waals surface area contributed by atoms with Gasteiger partial charge in [0.2, 0.25) is 0 Å². The van der Waals surface area contributed by atoms with Gasteiger partial charge in [-0.1, -0.05) is 84.5 Å². The lowest BCUT2D eigenvalue weighted by molar-refractivity contribution is 1.46. The van der Waals surface area contributed by atoms with Crippen molar-refractivity contribution in [2.24, 2.45) is 0 Å². The van der Waals surface area contributed by atoms with E-state index in [2.05, 4.69) is 73.7 Å². The largest absolute Gasteiger partial charge is 0.0788 e. The molecule has 0 heterocycles. The van der Waals surface area contributed by atoms with Crippen LogP contribution in [0.1, 0.15) is 16.7 Å². The average Bonchev–Trinajstić information content (AvgIpc) is 2.47. The molecule has 0 aromatic heterocycles. The highest BCUT2D eigenvalue weighted by atomic mass is 32.1. The van der Waals surface area contributed by atoms with Crippen molar-refractivity contribution in [2.45, 2.75) is 6.92 Å². The molecule has 0 spiro atoms. The van der Waals surface area contributed by atoms with Crippen LogP contribution in [0.2, 0.25) is 0 Å². The number of hydrogen-bond donors (Lipinski definition) is 0. The van der Waals surface area contributed by atoms with Gasteiger partial charge in [0.1, 0.15) is 0 Å². The number of benzene rings is 3. The Labute approximate surface area is 118 Å². The molecule has 0 saturated heterocycles. The molecule has 0 unspecified atom stereocenters. The average molecular weight is 262 g/mol. The monoisotopic (exact) mass is 262 g/mol. The van der Waals surface area contributed by atoms with Crippen LogP contribution < -0.4 is 0 Å². The quantitative estimate of drug-likeness (QED) is 0.467. The molecule has 1 heteroatoms. The minimum Gasteiger partial charge on any atom is -0.0788 e. The fraction of sp³-hybridized carbons (Fsp3) is 0.0556. The standard InChI is InChI=1S/C18H14S/c1-13-9-11-15(12-10-13)18(19)17-8-4-6-14-5-2-3-7-16(14)17/h2-12H,1H3. The van der Waals surface area contributed by atoms with Crippen molar-refractivity contribution in [3.8, 4) is 0 Å². The number of aryl methyl sites for hydroxylation is 1. The van der Waals surface area contributed by atoms with Crippen LogP contribution in [0.4, 0.5) is 0 Å². The molecule has 19 heavy (non-hydrogen) atoms. The van der Waals surface area contributed by atoms with Crippen molar-refractivity contribution in [1.29, 1.82) is 0 Å². The third-order valence-corrected chi connectivity index (χ3v) is 3.80. The van der Waals surface area contributed by atoms with Gasteiger partial charge in [0, 0.05) is 5.56 Å². The number of rotatable bonds is 2. The van der Waals surface area contributed by atoms with Crippen LogP contribution in [0.5, 0.6) is 0 Å². The lowest BCUT2D eigenvalue weighted by atomic mass is 9.98. The van der Waals surface area contributed by atoms with E-state index in [4.69, 9.17) is 12.2 Å². The van der Waals surface area contributed by atoms with Crippen molar-refractivity contribution >= 4 is 27.9 Å². The maximum absolute atomic E-state index is 5.66. The Hall–Kier alpha value is -1.99. The molecule has 0 amide bonds. The summed E-state index contributed by atoms with van der Waals surface area (Å²) in [6, 6.07) is 23.1. The summed E-state index contributed by atoms with van der Waals surface area (Å²) < 4.78 is 0. The van der Waals surface area contributed by atoms with E-state index in [0.717, 1.165) is 16.0 Å². The smallest absolute Gasteiger partial charge is 0.0528 e. The van der Waals surface area contributed by atoms with Crippen LogP contribution >= 0.6 is 12.2 Å². The van der Waals surface area contributed by atoms with Gasteiger partial charge in [-0.25, -0.2) is 0 Å². The first-order valence-electron chi connectivity index (χ1n) is 6.35. The molecule has 3 aromatic carbocycles. The highest BCUT2D eigenvalue weighted by Crippen LogP contribution is 2.22. The van der Waals surface area contributed by atoms with Gasteiger partial charge in [-0.05, 0) is 23.3 Å². The van der Waals surface area contributed by atoms with E-state index in [-0.39, 0.29) is 0 Å². The third-order valence-electron chi connectivity index (χ3n) is 3.35. The summed E-state index contributed by atoms with van der Waals surface area (Å²) in [5.41, 5.74) is 3.50. The first-order valence-corrected chi connectivity index (χ1v) is 6.76. The van der Waals surface area contributed by atoms with Crippen molar-refractivity contribution in [2.75, 3.05) is 0 Å². The molecule has 0 aliphatic rings. The molecule has 0 radical (unpaired) electrons. The first-order chi connectivity index (χ1) is 9.25. The van der Waals surface area contributed by atoms with Gasteiger partial charge in [0.05, 0.1) is 4.86 Å². The minimum absolute atomic E-state index is 0.914. The number of hydrogen-bond acceptors (Lipinski definition) is 1. The molecule has 0 fully saturated rings. The molecule has 0 N–H and O–H groups in total. The summed E-state index contributed by atoms with van der Waals surface area (Å²) >= 11 is 5.66. The molecule has 3 aromatic rings. The predicted molar refractivity (Wildman–Crippen MR) is 85.9 cm³/mol. The zero-order valence-corrected chi connectivity index (χ0v) is 11.6. The SMILES string of the molecule is Cc1ccc(C(=S)c2cccc3ccccc23)cc1. The van der Waals surface area contributed by atoms with Gasteiger partial charge in [-0.2, -0.15) is 0 Å². The van der Waals surface area contributed by atoms with E-state index < -0.39 is 0 Å². The Morgan fingerprint density at radius 3 is 2.26 bits per heavy atom. The van der Waals surface area contributed by atoms with Crippen LogP contribution in [0.15, 0.2) is 66.7 Å². The Morgan fingerprint density at radius 1 is 0.789 bits per heavy atom. The lowest BCUT2D eigenvalue weighted by Crippen LogP contribution is -2.00. The van der Waals surface area contributed by atoms with Crippen LogP contribution in [0.25, 0.3) is 10.8 Å². The topological polar surface area (TPSA) is 0 Å². The zero-order valence-electron chi connectivity index (χ0n) is 10.8. The van der Waals surface area contributed by atoms with E-state index in [0.29, 0.717) is 0 Å². The van der Waals surface area contributed by atoms with Crippen molar-refractivity contribution in [3.63, 3.8) is 0 Å². The van der Waals surface area contributed by atoms with E-state index in [1.54, 1.807) is 0 Å². The highest BCUT2D eigenvalue weighted by Gasteiger charge is 2.07. The minimum atomic E-state index is 0.914. The van der Waals surface area contributed by atoms with E-state index in [1.165, 1.54) is 16.3 Å². The Kier molecular flexibility index (Phi) is 3.14. The van der Waals surface area contributed by atoms with Gasteiger partial charge in [0.15, 0.2) is 0 Å². The Morgan fingerprint density at radius 2 is 1.47 bits per heavy atom. The molecular formula is C18H14S. The predicted octanol–water partition coefficient (Wildman–Crippen LogP) is 4.91. The van der Waals surface area contributed by atoms with E-state index in [9.17, 15) is 0 Å². The van der Waals surface area contributed by atoms with Gasteiger partial charge in [0.25, 0.3) is 0 Å². The summed E-state index contributed by atoms with van der Waals surface area (Å²) in [6.07, 6.45) is 0. The second kappa shape index (κ2) is 4.94. The van der Waals surface area contributed by atoms with Crippen LogP contribution in [0, 0.1) is 6.92 Å². The van der Waals surface area contributed by atoms with Gasteiger partial charge < -0.3 is 0 Å². The van der Waals surface area contributed by atoms with E-state index in [1.807, 2.05) is 0 Å². The molecule has 0 aliphatic heterocycles.